The van der Waals surface area contributed by atoms with Crippen LogP contribution in [0.4, 0.5) is 11.4 Å². The van der Waals surface area contributed by atoms with Crippen LogP contribution in [0.2, 0.25) is 0 Å². The number of hydrogen-bond acceptors (Lipinski definition) is 4. The Hall–Kier alpha value is -2.86. The van der Waals surface area contributed by atoms with Gasteiger partial charge in [0.15, 0.2) is 5.17 Å². The second kappa shape index (κ2) is 9.30. The molecule has 1 saturated heterocycles. The highest BCUT2D eigenvalue weighted by Gasteiger charge is 2.38. The number of carbonyl (C=O) groups excluding carboxylic acids is 2. The molecule has 1 aliphatic rings. The van der Waals surface area contributed by atoms with Gasteiger partial charge in [-0.2, -0.15) is 0 Å². The van der Waals surface area contributed by atoms with Crippen molar-refractivity contribution in [3.05, 3.63) is 71.3 Å². The number of para-hydroxylation sites is 1. The Morgan fingerprint density at radius 3 is 2.47 bits per heavy atom. The molecule has 0 bridgehead atoms. The summed E-state index contributed by atoms with van der Waals surface area (Å²) in [7, 11) is 0. The molecule has 0 unspecified atom stereocenters. The van der Waals surface area contributed by atoms with Crippen molar-refractivity contribution in [2.75, 3.05) is 11.9 Å². The largest absolute Gasteiger partial charge is 0.326 e. The molecular weight excluding hydrogens is 394 g/mol. The van der Waals surface area contributed by atoms with E-state index in [2.05, 4.69) is 23.8 Å². The number of amidine groups is 1. The van der Waals surface area contributed by atoms with Gasteiger partial charge in [-0.3, -0.25) is 14.5 Å². The van der Waals surface area contributed by atoms with Crippen LogP contribution in [0.25, 0.3) is 0 Å². The van der Waals surface area contributed by atoms with Gasteiger partial charge in [-0.1, -0.05) is 42.1 Å². The van der Waals surface area contributed by atoms with Gasteiger partial charge in [-0.25, -0.2) is 4.99 Å². The van der Waals surface area contributed by atoms with E-state index in [1.807, 2.05) is 57.2 Å². The van der Waals surface area contributed by atoms with E-state index < -0.39 is 5.25 Å². The molecule has 2 aromatic rings. The molecule has 0 spiro atoms. The van der Waals surface area contributed by atoms with E-state index in [1.54, 1.807) is 11.0 Å². The summed E-state index contributed by atoms with van der Waals surface area (Å²) in [6.07, 6.45) is 1.77. The molecule has 0 aliphatic carbocycles. The first-order chi connectivity index (χ1) is 14.3. The number of aliphatic imine (C=N–C) groups is 1. The maximum atomic E-state index is 12.9. The number of nitrogens with zero attached hydrogens (tertiary/aromatic N) is 2. The van der Waals surface area contributed by atoms with E-state index in [-0.39, 0.29) is 18.2 Å². The van der Waals surface area contributed by atoms with Gasteiger partial charge < -0.3 is 5.32 Å². The number of carbonyl (C=O) groups is 2. The van der Waals surface area contributed by atoms with Gasteiger partial charge in [0.25, 0.3) is 0 Å². The van der Waals surface area contributed by atoms with Crippen LogP contribution in [0.1, 0.15) is 28.7 Å². The summed E-state index contributed by atoms with van der Waals surface area (Å²) in [6.45, 7) is 12.1. The highest BCUT2D eigenvalue weighted by atomic mass is 32.2. The fourth-order valence-electron chi connectivity index (χ4n) is 3.30. The lowest BCUT2D eigenvalue weighted by molar-refractivity contribution is -0.127. The number of nitrogens with one attached hydrogen (secondary N) is 1. The van der Waals surface area contributed by atoms with Gasteiger partial charge >= 0.3 is 0 Å². The molecule has 156 valence electrons. The molecular formula is C24H27N3O2S. The fourth-order valence-corrected chi connectivity index (χ4v) is 4.47. The van der Waals surface area contributed by atoms with E-state index in [0.717, 1.165) is 28.1 Å². The lowest BCUT2D eigenvalue weighted by Gasteiger charge is -2.14. The van der Waals surface area contributed by atoms with Crippen LogP contribution in [0.15, 0.2) is 54.0 Å². The van der Waals surface area contributed by atoms with E-state index >= 15 is 0 Å². The Morgan fingerprint density at radius 1 is 1.13 bits per heavy atom. The standard InChI is InChI=1S/C24H27N3O2S/c1-6-12-27-23(29)20(14-21(28)26-22-16(3)8-7-9-17(22)4)30-24(27)25-19-11-10-15(2)18(5)13-19/h6-11,13,20H,1,12,14H2,2-5H3,(H,26,28)/t20-/m1/s1. The van der Waals surface area contributed by atoms with Crippen molar-refractivity contribution >= 4 is 40.1 Å². The maximum absolute atomic E-state index is 12.9. The monoisotopic (exact) mass is 421 g/mol. The predicted octanol–water partition coefficient (Wildman–Crippen LogP) is 5.07. The van der Waals surface area contributed by atoms with Crippen molar-refractivity contribution in [3.8, 4) is 0 Å². The SMILES string of the molecule is C=CCN1C(=O)[C@@H](CC(=O)Nc2c(C)cccc2C)SC1=Nc1ccc(C)c(C)c1. The number of rotatable bonds is 6. The van der Waals surface area contributed by atoms with Crippen LogP contribution in [0.3, 0.4) is 0 Å². The first kappa shape index (κ1) is 21.8. The zero-order valence-corrected chi connectivity index (χ0v) is 18.7. The smallest absolute Gasteiger partial charge is 0.242 e. The summed E-state index contributed by atoms with van der Waals surface area (Å²) in [4.78, 5) is 31.9. The van der Waals surface area contributed by atoms with E-state index in [9.17, 15) is 9.59 Å². The normalized spacial score (nSPS) is 17.5. The lowest BCUT2D eigenvalue weighted by Crippen LogP contribution is -2.33. The Morgan fingerprint density at radius 2 is 1.83 bits per heavy atom. The third-order valence-corrected chi connectivity index (χ3v) is 6.34. The number of aryl methyl sites for hydroxylation is 4. The van der Waals surface area contributed by atoms with Crippen LogP contribution >= 0.6 is 11.8 Å². The second-order valence-corrected chi connectivity index (χ2v) is 8.70. The van der Waals surface area contributed by atoms with Gasteiger partial charge in [-0.05, 0) is 62.1 Å². The van der Waals surface area contributed by atoms with Gasteiger partial charge in [0, 0.05) is 18.7 Å². The topological polar surface area (TPSA) is 61.8 Å². The van der Waals surface area contributed by atoms with Crippen molar-refractivity contribution in [2.24, 2.45) is 4.99 Å². The molecule has 0 saturated carbocycles. The molecule has 1 N–H and O–H groups in total. The summed E-state index contributed by atoms with van der Waals surface area (Å²) in [6, 6.07) is 11.8. The Balaban J connectivity index is 1.78. The molecule has 6 heteroatoms. The predicted molar refractivity (Wildman–Crippen MR) is 125 cm³/mol. The maximum Gasteiger partial charge on any atom is 0.242 e. The Kier molecular flexibility index (Phi) is 6.77. The minimum absolute atomic E-state index is 0.0941. The molecule has 0 radical (unpaired) electrons. The Labute approximate surface area is 182 Å². The minimum atomic E-state index is -0.500. The number of anilines is 1. The third-order valence-electron chi connectivity index (χ3n) is 5.16. The summed E-state index contributed by atoms with van der Waals surface area (Å²) in [5, 5.41) is 3.07. The molecule has 5 nitrogen and oxygen atoms in total. The van der Waals surface area contributed by atoms with Crippen LogP contribution in [-0.2, 0) is 9.59 Å². The number of benzene rings is 2. The zero-order chi connectivity index (χ0) is 21.8. The summed E-state index contributed by atoms with van der Waals surface area (Å²) < 4.78 is 0. The van der Waals surface area contributed by atoms with Crippen LogP contribution in [0, 0.1) is 27.7 Å². The average molecular weight is 422 g/mol. The summed E-state index contributed by atoms with van der Waals surface area (Å²) >= 11 is 1.34. The van der Waals surface area contributed by atoms with Gasteiger partial charge in [-0.15, -0.1) is 6.58 Å². The fraction of sp³-hybridized carbons (Fsp3) is 0.292. The molecule has 30 heavy (non-hydrogen) atoms. The second-order valence-electron chi connectivity index (χ2n) is 7.53. The average Bonchev–Trinajstić information content (AvgIpc) is 2.97. The first-order valence-corrected chi connectivity index (χ1v) is 10.8. The van der Waals surface area contributed by atoms with Crippen LogP contribution < -0.4 is 5.32 Å². The van der Waals surface area contributed by atoms with Crippen molar-refractivity contribution in [1.29, 1.82) is 0 Å². The van der Waals surface area contributed by atoms with Crippen molar-refractivity contribution < 1.29 is 9.59 Å². The number of hydrogen-bond donors (Lipinski definition) is 1. The quantitative estimate of drug-likeness (QED) is 0.663. The van der Waals surface area contributed by atoms with Gasteiger partial charge in [0.05, 0.1) is 5.69 Å². The number of amides is 2. The van der Waals surface area contributed by atoms with Crippen molar-refractivity contribution in [3.63, 3.8) is 0 Å². The summed E-state index contributed by atoms with van der Waals surface area (Å²) in [5.41, 5.74) is 5.94. The minimum Gasteiger partial charge on any atom is -0.326 e. The zero-order valence-electron chi connectivity index (χ0n) is 17.9. The lowest BCUT2D eigenvalue weighted by atomic mass is 10.1. The molecule has 2 aromatic carbocycles. The molecule has 1 atom stereocenters. The molecule has 1 aliphatic heterocycles. The molecule has 1 heterocycles. The van der Waals surface area contributed by atoms with E-state index in [1.165, 1.54) is 17.3 Å². The molecule has 3 rings (SSSR count). The molecule has 2 amide bonds. The first-order valence-electron chi connectivity index (χ1n) is 9.91. The van der Waals surface area contributed by atoms with Crippen LogP contribution in [0.5, 0.6) is 0 Å². The van der Waals surface area contributed by atoms with Gasteiger partial charge in [0.2, 0.25) is 11.8 Å². The van der Waals surface area contributed by atoms with E-state index in [4.69, 9.17) is 0 Å². The van der Waals surface area contributed by atoms with Crippen LogP contribution in [-0.4, -0.2) is 33.7 Å². The number of thioether (sulfide) groups is 1. The Bertz CT molecular complexity index is 1010. The van der Waals surface area contributed by atoms with Crippen molar-refractivity contribution in [1.82, 2.24) is 4.90 Å². The molecule has 0 aromatic heterocycles. The summed E-state index contributed by atoms with van der Waals surface area (Å²) in [5.74, 6) is -0.289. The van der Waals surface area contributed by atoms with E-state index in [0.29, 0.717) is 11.7 Å². The van der Waals surface area contributed by atoms with Gasteiger partial charge in [0.1, 0.15) is 5.25 Å². The van der Waals surface area contributed by atoms with Crippen molar-refractivity contribution in [2.45, 2.75) is 39.4 Å². The highest BCUT2D eigenvalue weighted by Crippen LogP contribution is 2.32. The highest BCUT2D eigenvalue weighted by molar-refractivity contribution is 8.15. The molecule has 1 fully saturated rings. The third kappa shape index (κ3) is 4.82.